The van der Waals surface area contributed by atoms with E-state index in [0.29, 0.717) is 46.7 Å². The first-order chi connectivity index (χ1) is 15.9. The number of ketones is 1. The second-order valence-corrected chi connectivity index (χ2v) is 8.42. The molecule has 4 rings (SSSR count). The van der Waals surface area contributed by atoms with Crippen LogP contribution in [-0.2, 0) is 11.3 Å². The van der Waals surface area contributed by atoms with Crippen LogP contribution in [0.2, 0.25) is 0 Å². The van der Waals surface area contributed by atoms with Crippen LogP contribution in [0.1, 0.15) is 37.4 Å². The van der Waals surface area contributed by atoms with Crippen LogP contribution in [-0.4, -0.2) is 68.2 Å². The summed E-state index contributed by atoms with van der Waals surface area (Å²) in [6.07, 6.45) is 1.62. The fraction of sp³-hybridized carbons (Fsp3) is 0.360. The van der Waals surface area contributed by atoms with Crippen molar-refractivity contribution in [1.82, 2.24) is 4.90 Å². The molecule has 0 bridgehead atoms. The molecule has 1 saturated heterocycles. The number of Topliss-reactive ketones (excluding diaryl/α,β-unsaturated/α-hetero) is 1. The summed E-state index contributed by atoms with van der Waals surface area (Å²) in [5, 5.41) is 22.0. The maximum Gasteiger partial charge on any atom is 0.337 e. The smallest absolute Gasteiger partial charge is 0.337 e. The Kier molecular flexibility index (Phi) is 6.78. The van der Waals surface area contributed by atoms with Crippen molar-refractivity contribution in [2.75, 3.05) is 46.4 Å². The van der Waals surface area contributed by atoms with E-state index in [9.17, 15) is 14.7 Å². The van der Waals surface area contributed by atoms with E-state index < -0.39 is 5.97 Å². The van der Waals surface area contributed by atoms with Crippen molar-refractivity contribution in [2.24, 2.45) is 0 Å². The van der Waals surface area contributed by atoms with Crippen LogP contribution in [0.5, 0.6) is 11.5 Å². The van der Waals surface area contributed by atoms with E-state index in [-0.39, 0.29) is 23.9 Å². The Morgan fingerprint density at radius 2 is 1.97 bits per heavy atom. The van der Waals surface area contributed by atoms with E-state index in [1.54, 1.807) is 37.3 Å². The predicted octanol–water partition coefficient (Wildman–Crippen LogP) is 0.164. The maximum atomic E-state index is 13.1. The molecular formula is C25H28N2O6. The van der Waals surface area contributed by atoms with Gasteiger partial charge in [0, 0.05) is 25.2 Å². The molecule has 2 aliphatic heterocycles. The van der Waals surface area contributed by atoms with Gasteiger partial charge in [-0.05, 0) is 36.3 Å². The normalized spacial score (nSPS) is 17.8. The summed E-state index contributed by atoms with van der Waals surface area (Å²) in [6.45, 7) is 6.45. The van der Waals surface area contributed by atoms with Gasteiger partial charge in [0.1, 0.15) is 12.3 Å². The van der Waals surface area contributed by atoms with Gasteiger partial charge in [-0.3, -0.25) is 9.69 Å². The first-order valence-electron chi connectivity index (χ1n) is 11.0. The average Bonchev–Trinajstić information content (AvgIpc) is 3.14. The van der Waals surface area contributed by atoms with Gasteiger partial charge in [0.25, 0.3) is 0 Å². The van der Waals surface area contributed by atoms with Gasteiger partial charge in [-0.2, -0.15) is 0 Å². The molecule has 0 unspecified atom stereocenters. The highest BCUT2D eigenvalue weighted by Crippen LogP contribution is 2.40. The number of methoxy groups -OCH3 is 1. The highest BCUT2D eigenvalue weighted by molar-refractivity contribution is 6.15. The lowest BCUT2D eigenvalue weighted by atomic mass is 9.99. The van der Waals surface area contributed by atoms with Crippen LogP contribution >= 0.6 is 0 Å². The highest BCUT2D eigenvalue weighted by Gasteiger charge is 2.33. The fourth-order valence-corrected chi connectivity index (χ4v) is 4.38. The molecule has 0 aliphatic carbocycles. The minimum Gasteiger partial charge on any atom is -0.872 e. The summed E-state index contributed by atoms with van der Waals surface area (Å²) in [5.41, 5.74) is 2.69. The molecule has 174 valence electrons. The van der Waals surface area contributed by atoms with Crippen molar-refractivity contribution in [3.05, 3.63) is 63.9 Å². The van der Waals surface area contributed by atoms with E-state index in [0.717, 1.165) is 26.2 Å². The Balaban J connectivity index is 1.57. The standard InChI is InChI=1S/C25H28N2O6/c1-16-13-20(29)19(15-27-9-7-26(8-10-27)11-12-28)24-22(16)23(30)21(33-24)14-17-3-5-18(6-4-17)25(31)32-2/h3-6,13-14,28-29H,7-12,15H2,1-2H3. The molecule has 0 spiro atoms. The van der Waals surface area contributed by atoms with Crippen molar-refractivity contribution < 1.29 is 34.2 Å². The van der Waals surface area contributed by atoms with Crippen molar-refractivity contribution in [3.63, 3.8) is 0 Å². The number of aliphatic hydroxyl groups excluding tert-OH is 1. The first kappa shape index (κ1) is 23.0. The minimum atomic E-state index is -0.433. The third-order valence-electron chi connectivity index (χ3n) is 6.24. The predicted molar refractivity (Wildman–Crippen MR) is 119 cm³/mol. The van der Waals surface area contributed by atoms with Crippen LogP contribution in [0, 0.1) is 6.92 Å². The Bertz CT molecular complexity index is 1090. The van der Waals surface area contributed by atoms with Crippen LogP contribution in [0.15, 0.2) is 36.1 Å². The third-order valence-corrected chi connectivity index (χ3v) is 6.24. The molecule has 8 heteroatoms. The number of esters is 1. The Morgan fingerprint density at radius 1 is 1.27 bits per heavy atom. The van der Waals surface area contributed by atoms with Crippen molar-refractivity contribution in [1.29, 1.82) is 0 Å². The van der Waals surface area contributed by atoms with Crippen LogP contribution < -0.4 is 14.7 Å². The van der Waals surface area contributed by atoms with E-state index in [1.165, 1.54) is 18.1 Å². The number of allylic oxidation sites excluding steroid dienone is 1. The second kappa shape index (κ2) is 9.74. The largest absolute Gasteiger partial charge is 0.872 e. The maximum absolute atomic E-state index is 13.1. The number of carbonyl (C=O) groups is 2. The summed E-state index contributed by atoms with van der Waals surface area (Å²) >= 11 is 0. The zero-order valence-electron chi connectivity index (χ0n) is 18.8. The summed E-state index contributed by atoms with van der Waals surface area (Å²) in [5.74, 6) is -0.268. The Hall–Kier alpha value is -3.20. The van der Waals surface area contributed by atoms with Gasteiger partial charge in [-0.25, -0.2) is 4.79 Å². The summed E-state index contributed by atoms with van der Waals surface area (Å²) in [6, 6.07) is 8.18. The summed E-state index contributed by atoms with van der Waals surface area (Å²) in [4.78, 5) is 28.2. The zero-order chi connectivity index (χ0) is 23.5. The molecule has 2 aliphatic rings. The number of benzene rings is 2. The Labute approximate surface area is 192 Å². The number of hydrogen-bond donors (Lipinski definition) is 2. The molecule has 0 amide bonds. The molecule has 0 saturated carbocycles. The van der Waals surface area contributed by atoms with Crippen molar-refractivity contribution >= 4 is 17.8 Å². The third kappa shape index (κ3) is 4.78. The molecule has 2 N–H and O–H groups in total. The highest BCUT2D eigenvalue weighted by atomic mass is 16.5. The lowest BCUT2D eigenvalue weighted by Gasteiger charge is -2.32. The number of nitrogens with zero attached hydrogens (tertiary/aromatic N) is 1. The van der Waals surface area contributed by atoms with E-state index in [4.69, 9.17) is 14.6 Å². The van der Waals surface area contributed by atoms with Crippen LogP contribution in [0.3, 0.4) is 0 Å². The number of aryl methyl sites for hydroxylation is 1. The van der Waals surface area contributed by atoms with Gasteiger partial charge < -0.3 is 24.6 Å². The molecule has 1 fully saturated rings. The number of β-amino-alcohol motifs (C(OH)–C–C–N with tert-alkyl or cyclic N) is 1. The van der Waals surface area contributed by atoms with Gasteiger partial charge in [-0.15, -0.1) is 0 Å². The Morgan fingerprint density at radius 3 is 2.61 bits per heavy atom. The number of carbonyl (C=O) groups excluding carboxylic acids is 2. The van der Waals surface area contributed by atoms with Gasteiger partial charge in [0.2, 0.25) is 5.78 Å². The molecule has 2 aromatic carbocycles. The summed E-state index contributed by atoms with van der Waals surface area (Å²) < 4.78 is 10.7. The molecule has 8 nitrogen and oxygen atoms in total. The van der Waals surface area contributed by atoms with E-state index >= 15 is 0 Å². The summed E-state index contributed by atoms with van der Waals surface area (Å²) in [7, 11) is 1.32. The number of aliphatic hydroxyl groups is 1. The number of hydrogen-bond acceptors (Lipinski definition) is 7. The molecule has 2 heterocycles. The lowest BCUT2D eigenvalue weighted by molar-refractivity contribution is -0.918. The molecule has 0 aromatic heterocycles. The van der Waals surface area contributed by atoms with Gasteiger partial charge in [0.15, 0.2) is 5.76 Å². The molecule has 33 heavy (non-hydrogen) atoms. The number of fused-ring (bicyclic) bond motifs is 1. The van der Waals surface area contributed by atoms with Crippen molar-refractivity contribution in [2.45, 2.75) is 13.5 Å². The van der Waals surface area contributed by atoms with Crippen LogP contribution in [0.4, 0.5) is 0 Å². The topological polar surface area (TPSA) is 104 Å². The minimum absolute atomic E-state index is 0.118. The van der Waals surface area contributed by atoms with Gasteiger partial charge in [0.05, 0.1) is 37.9 Å². The monoisotopic (exact) mass is 452 g/mol. The average molecular weight is 453 g/mol. The van der Waals surface area contributed by atoms with Crippen molar-refractivity contribution in [3.8, 4) is 11.5 Å². The number of nitrogens with one attached hydrogen (secondary N) is 1. The van der Waals surface area contributed by atoms with Gasteiger partial charge >= 0.3 is 5.97 Å². The van der Waals surface area contributed by atoms with E-state index in [1.807, 2.05) is 0 Å². The SMILES string of the molecule is COC(=O)c1ccc(C=C2Oc3c(C[NH+]4CCN(CCO)CC4)c([O-])cc(C)c3C2=O)cc1. The number of quaternary nitrogens is 1. The van der Waals surface area contributed by atoms with Crippen LogP contribution in [0.25, 0.3) is 6.08 Å². The van der Waals surface area contributed by atoms with E-state index in [2.05, 4.69) is 4.90 Å². The number of ether oxygens (including phenoxy) is 2. The molecule has 2 aromatic rings. The number of rotatable bonds is 6. The fourth-order valence-electron chi connectivity index (χ4n) is 4.38. The molecule has 0 atom stereocenters. The molecule has 0 radical (unpaired) electrons. The quantitative estimate of drug-likeness (QED) is 0.476. The first-order valence-corrected chi connectivity index (χ1v) is 11.0. The zero-order valence-corrected chi connectivity index (χ0v) is 18.8. The second-order valence-electron chi connectivity index (χ2n) is 8.42. The lowest BCUT2D eigenvalue weighted by Crippen LogP contribution is -3.13. The number of piperazine rings is 1. The molecular weight excluding hydrogens is 424 g/mol. The van der Waals surface area contributed by atoms with Gasteiger partial charge in [-0.1, -0.05) is 23.9 Å².